The van der Waals surface area contributed by atoms with Crippen molar-refractivity contribution >= 4 is 29.9 Å². The minimum atomic E-state index is 0. The van der Waals surface area contributed by atoms with Crippen molar-refractivity contribution in [2.24, 2.45) is 16.3 Å². The minimum absolute atomic E-state index is 0. The van der Waals surface area contributed by atoms with Gasteiger partial charge in [-0.15, -0.1) is 24.0 Å². The van der Waals surface area contributed by atoms with Crippen molar-refractivity contribution in [3.05, 3.63) is 29.3 Å². The third kappa shape index (κ3) is 9.53. The van der Waals surface area contributed by atoms with E-state index in [9.17, 15) is 0 Å². The maximum Gasteiger partial charge on any atom is 0.191 e. The molecule has 0 radical (unpaired) electrons. The average Bonchev–Trinajstić information content (AvgIpc) is 3.13. The second-order valence-electron chi connectivity index (χ2n) is 8.83. The topological polar surface area (TPSA) is 58.1 Å². The zero-order chi connectivity index (χ0) is 20.6. The molecule has 1 unspecified atom stereocenters. The van der Waals surface area contributed by atoms with Crippen LogP contribution in [-0.2, 0) is 11.3 Å². The predicted octanol–water partition coefficient (Wildman–Crippen LogP) is 3.28. The molecule has 1 saturated heterocycles. The van der Waals surface area contributed by atoms with Gasteiger partial charge in [0.1, 0.15) is 5.75 Å². The van der Waals surface area contributed by atoms with E-state index < -0.39 is 0 Å². The molecule has 2 rings (SSSR count). The van der Waals surface area contributed by atoms with E-state index in [4.69, 9.17) is 9.47 Å². The lowest BCUT2D eigenvalue weighted by Crippen LogP contribution is -2.44. The number of guanidine groups is 1. The van der Waals surface area contributed by atoms with Gasteiger partial charge in [0.05, 0.1) is 13.2 Å². The van der Waals surface area contributed by atoms with Crippen molar-refractivity contribution in [2.75, 3.05) is 54.1 Å². The molecule has 7 heteroatoms. The SMILES string of the molecule is CN=C(NCc1ccc(C)cc1OCC1CCOC1)NCC(C)(C)CN(C)C.I. The van der Waals surface area contributed by atoms with Crippen molar-refractivity contribution in [2.45, 2.75) is 33.7 Å². The Hall–Kier alpha value is -1.06. The number of aliphatic imine (C=N–C) groups is 1. The fraction of sp³-hybridized carbons (Fsp3) is 0.682. The lowest BCUT2D eigenvalue weighted by atomic mass is 9.93. The molecule has 0 aliphatic carbocycles. The maximum atomic E-state index is 6.14. The van der Waals surface area contributed by atoms with Crippen LogP contribution >= 0.6 is 24.0 Å². The Kier molecular flexibility index (Phi) is 11.3. The number of hydrogen-bond donors (Lipinski definition) is 2. The average molecular weight is 518 g/mol. The van der Waals surface area contributed by atoms with Gasteiger partial charge in [0.15, 0.2) is 5.96 Å². The smallest absolute Gasteiger partial charge is 0.191 e. The van der Waals surface area contributed by atoms with Gasteiger partial charge in [-0.1, -0.05) is 26.0 Å². The fourth-order valence-electron chi connectivity index (χ4n) is 3.50. The Morgan fingerprint density at radius 3 is 2.69 bits per heavy atom. The molecule has 166 valence electrons. The highest BCUT2D eigenvalue weighted by atomic mass is 127. The molecule has 1 fully saturated rings. The lowest BCUT2D eigenvalue weighted by molar-refractivity contribution is 0.166. The summed E-state index contributed by atoms with van der Waals surface area (Å²) in [7, 11) is 6.01. The third-order valence-electron chi connectivity index (χ3n) is 4.87. The second-order valence-corrected chi connectivity index (χ2v) is 8.83. The van der Waals surface area contributed by atoms with E-state index >= 15 is 0 Å². The largest absolute Gasteiger partial charge is 0.493 e. The Bertz CT molecular complexity index is 644. The summed E-state index contributed by atoms with van der Waals surface area (Å²) in [5, 5.41) is 6.87. The molecule has 1 heterocycles. The molecule has 1 aliphatic heterocycles. The summed E-state index contributed by atoms with van der Waals surface area (Å²) >= 11 is 0. The summed E-state index contributed by atoms with van der Waals surface area (Å²) in [6.45, 7) is 11.5. The summed E-state index contributed by atoms with van der Waals surface area (Å²) in [6, 6.07) is 6.37. The van der Waals surface area contributed by atoms with Crippen LogP contribution < -0.4 is 15.4 Å². The first-order valence-corrected chi connectivity index (χ1v) is 10.2. The summed E-state index contributed by atoms with van der Waals surface area (Å²) in [6.07, 6.45) is 1.08. The van der Waals surface area contributed by atoms with Crippen LogP contribution in [0.2, 0.25) is 0 Å². The number of nitrogens with one attached hydrogen (secondary N) is 2. The minimum Gasteiger partial charge on any atom is -0.493 e. The molecular formula is C22H39IN4O2. The van der Waals surface area contributed by atoms with Gasteiger partial charge < -0.3 is 25.0 Å². The van der Waals surface area contributed by atoms with Gasteiger partial charge in [0, 0.05) is 44.8 Å². The van der Waals surface area contributed by atoms with Gasteiger partial charge in [0.25, 0.3) is 0 Å². The molecule has 0 amide bonds. The Balaban J connectivity index is 0.00000420. The molecule has 1 aromatic carbocycles. The van der Waals surface area contributed by atoms with Crippen LogP contribution in [0.5, 0.6) is 5.75 Å². The molecule has 6 nitrogen and oxygen atoms in total. The molecular weight excluding hydrogens is 479 g/mol. The fourth-order valence-corrected chi connectivity index (χ4v) is 3.50. The van der Waals surface area contributed by atoms with Gasteiger partial charge in [-0.05, 0) is 44.5 Å². The van der Waals surface area contributed by atoms with E-state index in [0.717, 1.165) is 50.0 Å². The van der Waals surface area contributed by atoms with Crippen LogP contribution in [0, 0.1) is 18.3 Å². The number of nitrogens with zero attached hydrogens (tertiary/aromatic N) is 2. The standard InChI is InChI=1S/C22H38N4O2.HI/c1-17-7-8-19(20(11-17)28-14-18-9-10-27-13-18)12-24-21(23-4)25-15-22(2,3)16-26(5)6;/h7-8,11,18H,9-10,12-16H2,1-6H3,(H2,23,24,25);1H. The molecule has 2 N–H and O–H groups in total. The summed E-state index contributed by atoms with van der Waals surface area (Å²) in [5.74, 6) is 2.25. The quantitative estimate of drug-likeness (QED) is 0.299. The molecule has 1 atom stereocenters. The maximum absolute atomic E-state index is 6.14. The van der Waals surface area contributed by atoms with E-state index in [1.54, 1.807) is 7.05 Å². The highest BCUT2D eigenvalue weighted by Gasteiger charge is 2.20. The Labute approximate surface area is 193 Å². The normalized spacial score (nSPS) is 17.2. The molecule has 1 aromatic rings. The number of aryl methyl sites for hydroxylation is 1. The number of hydrogen-bond acceptors (Lipinski definition) is 4. The highest BCUT2D eigenvalue weighted by molar-refractivity contribution is 14.0. The Morgan fingerprint density at radius 2 is 2.07 bits per heavy atom. The van der Waals surface area contributed by atoms with E-state index in [1.807, 2.05) is 0 Å². The van der Waals surface area contributed by atoms with Crippen LogP contribution in [0.4, 0.5) is 0 Å². The first-order chi connectivity index (χ1) is 13.3. The summed E-state index contributed by atoms with van der Waals surface area (Å²) in [4.78, 5) is 6.58. The van der Waals surface area contributed by atoms with Gasteiger partial charge in [-0.3, -0.25) is 4.99 Å². The molecule has 1 aliphatic rings. The van der Waals surface area contributed by atoms with Crippen LogP contribution in [0.3, 0.4) is 0 Å². The monoisotopic (exact) mass is 518 g/mol. The Morgan fingerprint density at radius 1 is 1.31 bits per heavy atom. The van der Waals surface area contributed by atoms with Gasteiger partial charge in [0.2, 0.25) is 0 Å². The van der Waals surface area contributed by atoms with E-state index in [2.05, 4.69) is 73.6 Å². The first kappa shape index (κ1) is 26.0. The zero-order valence-corrected chi connectivity index (χ0v) is 21.2. The molecule has 0 bridgehead atoms. The molecule has 0 aromatic heterocycles. The third-order valence-corrected chi connectivity index (χ3v) is 4.87. The van der Waals surface area contributed by atoms with E-state index in [1.165, 1.54) is 5.56 Å². The molecule has 0 spiro atoms. The number of ether oxygens (including phenoxy) is 2. The first-order valence-electron chi connectivity index (χ1n) is 10.2. The van der Waals surface area contributed by atoms with Crippen LogP contribution in [0.15, 0.2) is 23.2 Å². The number of benzene rings is 1. The summed E-state index contributed by atoms with van der Waals surface area (Å²) < 4.78 is 11.6. The van der Waals surface area contributed by atoms with Gasteiger partial charge >= 0.3 is 0 Å². The zero-order valence-electron chi connectivity index (χ0n) is 18.9. The van der Waals surface area contributed by atoms with Gasteiger partial charge in [-0.25, -0.2) is 0 Å². The molecule has 0 saturated carbocycles. The van der Waals surface area contributed by atoms with Crippen molar-refractivity contribution in [1.29, 1.82) is 0 Å². The van der Waals surface area contributed by atoms with Crippen LogP contribution in [-0.4, -0.2) is 64.9 Å². The van der Waals surface area contributed by atoms with Crippen molar-refractivity contribution < 1.29 is 9.47 Å². The number of halogens is 1. The lowest BCUT2D eigenvalue weighted by Gasteiger charge is -2.29. The van der Waals surface area contributed by atoms with Crippen molar-refractivity contribution in [3.8, 4) is 5.75 Å². The molecule has 29 heavy (non-hydrogen) atoms. The van der Waals surface area contributed by atoms with Crippen molar-refractivity contribution in [3.63, 3.8) is 0 Å². The second kappa shape index (κ2) is 12.6. The van der Waals surface area contributed by atoms with Crippen LogP contribution in [0.1, 0.15) is 31.4 Å². The number of rotatable bonds is 9. The van der Waals surface area contributed by atoms with E-state index in [-0.39, 0.29) is 29.4 Å². The predicted molar refractivity (Wildman–Crippen MR) is 132 cm³/mol. The van der Waals surface area contributed by atoms with Gasteiger partial charge in [-0.2, -0.15) is 0 Å². The summed E-state index contributed by atoms with van der Waals surface area (Å²) in [5.41, 5.74) is 2.50. The van der Waals surface area contributed by atoms with E-state index in [0.29, 0.717) is 19.1 Å². The highest BCUT2D eigenvalue weighted by Crippen LogP contribution is 2.22. The van der Waals surface area contributed by atoms with Crippen LogP contribution in [0.25, 0.3) is 0 Å². The van der Waals surface area contributed by atoms with Crippen molar-refractivity contribution in [1.82, 2.24) is 15.5 Å².